The second-order valence-electron chi connectivity index (χ2n) is 14.3. The van der Waals surface area contributed by atoms with Crippen LogP contribution in [-0.2, 0) is 16.1 Å². The molecule has 13 heteroatoms. The maximum atomic E-state index is 12.8. The van der Waals surface area contributed by atoms with Gasteiger partial charge >= 0.3 is 0 Å². The highest BCUT2D eigenvalue weighted by Crippen LogP contribution is 2.33. The third-order valence-electron chi connectivity index (χ3n) is 9.57. The molecule has 1 fully saturated rings. The summed E-state index contributed by atoms with van der Waals surface area (Å²) in [7, 11) is 0. The van der Waals surface area contributed by atoms with Crippen molar-refractivity contribution in [2.45, 2.75) is 53.1 Å². The number of hydrogen-bond donors (Lipinski definition) is 3. The molecule has 0 spiro atoms. The van der Waals surface area contributed by atoms with Crippen LogP contribution in [0.1, 0.15) is 51.9 Å². The fourth-order valence-electron chi connectivity index (χ4n) is 6.48. The molecule has 0 bridgehead atoms. The molecule has 4 aromatic heterocycles. The third-order valence-corrected chi connectivity index (χ3v) is 9.57. The number of anilines is 3. The topological polar surface area (TPSA) is 167 Å². The van der Waals surface area contributed by atoms with Gasteiger partial charge in [0.1, 0.15) is 23.2 Å². The number of pyridine rings is 2. The Morgan fingerprint density at radius 2 is 1.60 bits per heavy atom. The van der Waals surface area contributed by atoms with Crippen LogP contribution >= 0.6 is 0 Å². The first kappa shape index (κ1) is 36.8. The number of nitrogens with one attached hydrogen (secondary N) is 3. The van der Waals surface area contributed by atoms with E-state index in [0.717, 1.165) is 49.4 Å². The van der Waals surface area contributed by atoms with E-state index in [9.17, 15) is 9.59 Å². The zero-order valence-corrected chi connectivity index (χ0v) is 31.3. The summed E-state index contributed by atoms with van der Waals surface area (Å²) in [4.78, 5) is 50.7. The zero-order chi connectivity index (χ0) is 38.5. The monoisotopic (exact) mass is 733 g/mol. The molecule has 1 aliphatic rings. The second kappa shape index (κ2) is 16.2. The number of rotatable bonds is 11. The number of nitrogens with zero attached hydrogens (tertiary/aromatic N) is 8. The molecule has 1 saturated heterocycles. The predicted octanol–water partition coefficient (Wildman–Crippen LogP) is 7.08. The molecule has 7 rings (SSSR count). The Morgan fingerprint density at radius 3 is 2.35 bits per heavy atom. The van der Waals surface area contributed by atoms with Crippen molar-refractivity contribution in [3.05, 3.63) is 103 Å². The third kappa shape index (κ3) is 8.50. The fourth-order valence-corrected chi connectivity index (χ4v) is 6.48. The van der Waals surface area contributed by atoms with Crippen LogP contribution in [0.25, 0.3) is 39.5 Å². The van der Waals surface area contributed by atoms with E-state index in [1.807, 2.05) is 86.9 Å². The summed E-state index contributed by atoms with van der Waals surface area (Å²) in [6, 6.07) is 27.8. The molecule has 6 aromatic rings. The van der Waals surface area contributed by atoms with Crippen molar-refractivity contribution in [3.8, 4) is 34.4 Å². The van der Waals surface area contributed by atoms with Crippen molar-refractivity contribution in [3.63, 3.8) is 0 Å². The predicted molar refractivity (Wildman–Crippen MR) is 213 cm³/mol. The van der Waals surface area contributed by atoms with Gasteiger partial charge in [0.15, 0.2) is 11.5 Å². The van der Waals surface area contributed by atoms with E-state index >= 15 is 0 Å². The van der Waals surface area contributed by atoms with Gasteiger partial charge in [-0.3, -0.25) is 19.1 Å². The molecule has 2 aromatic carbocycles. The lowest BCUT2D eigenvalue weighted by Gasteiger charge is -2.32. The number of hydrogen-bond acceptors (Lipinski definition) is 10. The minimum absolute atomic E-state index is 0.0560. The summed E-state index contributed by atoms with van der Waals surface area (Å²) in [6.07, 6.45) is 5.17. The molecule has 3 N–H and O–H groups in total. The van der Waals surface area contributed by atoms with Crippen molar-refractivity contribution >= 4 is 40.3 Å². The second-order valence-corrected chi connectivity index (χ2v) is 14.3. The average Bonchev–Trinajstić information content (AvgIpc) is 3.58. The first-order valence-corrected chi connectivity index (χ1v) is 18.5. The Labute approximate surface area is 319 Å². The number of fused-ring (bicyclic) bond motifs is 1. The maximum absolute atomic E-state index is 12.8. The lowest BCUT2D eigenvalue weighted by molar-refractivity contribution is -0.119. The van der Waals surface area contributed by atoms with Crippen LogP contribution in [0.15, 0.2) is 91.3 Å². The number of amides is 2. The molecule has 2 amide bonds. The highest BCUT2D eigenvalue weighted by molar-refractivity contribution is 5.96. The Kier molecular flexibility index (Phi) is 10.9. The van der Waals surface area contributed by atoms with Gasteiger partial charge in [-0.05, 0) is 73.0 Å². The van der Waals surface area contributed by atoms with Crippen LogP contribution in [0, 0.1) is 23.2 Å². The number of piperidine rings is 1. The number of likely N-dealkylation sites (tertiary alicyclic amines) is 1. The van der Waals surface area contributed by atoms with Crippen molar-refractivity contribution in [2.24, 2.45) is 11.8 Å². The van der Waals surface area contributed by atoms with E-state index < -0.39 is 0 Å². The molecule has 5 heterocycles. The van der Waals surface area contributed by atoms with Gasteiger partial charge in [-0.1, -0.05) is 52.0 Å². The fraction of sp³-hybridized carbons (Fsp3) is 0.286. The maximum Gasteiger partial charge on any atom is 0.234 e. The quantitative estimate of drug-likeness (QED) is 0.125. The van der Waals surface area contributed by atoms with Gasteiger partial charge < -0.3 is 16.0 Å². The summed E-state index contributed by atoms with van der Waals surface area (Å²) in [5.74, 6) is 1.28. The summed E-state index contributed by atoms with van der Waals surface area (Å²) < 4.78 is 2.01. The Balaban J connectivity index is 1.18. The minimum atomic E-state index is -0.232. The van der Waals surface area contributed by atoms with Gasteiger partial charge in [0, 0.05) is 66.8 Å². The van der Waals surface area contributed by atoms with E-state index in [2.05, 4.69) is 60.1 Å². The standard InChI is InChI=1S/C42H43N11O2/c1-26(2)41(54)47-31-8-5-7-29(23-31)34-14-15-35-40(48-34)53(39(49-35)33-9-6-19-45-38(33)51-42(55)27(3)4)32-12-10-28(11-13-32)25-52-21-17-30(18-22-52)46-36-16-20-44-37(24-43)50-36/h5-16,19-20,23,26-27,30H,17-18,21-22,25H2,1-4H3,(H,47,54)(H,44,46,50)(H,45,51,55). The van der Waals surface area contributed by atoms with Gasteiger partial charge in [0.2, 0.25) is 17.6 Å². The molecular weight excluding hydrogens is 691 g/mol. The van der Waals surface area contributed by atoms with Crippen molar-refractivity contribution < 1.29 is 9.59 Å². The van der Waals surface area contributed by atoms with Crippen LogP contribution in [0.3, 0.4) is 0 Å². The summed E-state index contributed by atoms with van der Waals surface area (Å²) in [5, 5.41) is 18.6. The van der Waals surface area contributed by atoms with Crippen molar-refractivity contribution in [1.82, 2.24) is 34.4 Å². The first-order valence-electron chi connectivity index (χ1n) is 18.5. The smallest absolute Gasteiger partial charge is 0.234 e. The van der Waals surface area contributed by atoms with E-state index in [0.29, 0.717) is 39.9 Å². The van der Waals surface area contributed by atoms with Crippen molar-refractivity contribution in [1.29, 1.82) is 5.26 Å². The molecule has 0 unspecified atom stereocenters. The molecule has 55 heavy (non-hydrogen) atoms. The number of aromatic nitrogens is 6. The lowest BCUT2D eigenvalue weighted by Crippen LogP contribution is -2.38. The molecular formula is C42H43N11O2. The lowest BCUT2D eigenvalue weighted by atomic mass is 10.0. The number of nitriles is 1. The highest BCUT2D eigenvalue weighted by Gasteiger charge is 2.23. The normalized spacial score (nSPS) is 13.5. The largest absolute Gasteiger partial charge is 0.367 e. The van der Waals surface area contributed by atoms with E-state index in [1.165, 1.54) is 5.56 Å². The van der Waals surface area contributed by atoms with Gasteiger partial charge in [-0.25, -0.2) is 24.9 Å². The summed E-state index contributed by atoms with van der Waals surface area (Å²) >= 11 is 0. The molecule has 0 atom stereocenters. The average molecular weight is 734 g/mol. The number of carbonyl (C=O) groups is 2. The molecule has 0 radical (unpaired) electrons. The minimum Gasteiger partial charge on any atom is -0.367 e. The van der Waals surface area contributed by atoms with E-state index in [-0.39, 0.29) is 35.5 Å². The molecule has 1 aliphatic heterocycles. The van der Waals surface area contributed by atoms with E-state index in [1.54, 1.807) is 18.5 Å². The molecule has 278 valence electrons. The number of benzene rings is 2. The first-order chi connectivity index (χ1) is 26.6. The molecule has 0 saturated carbocycles. The van der Waals surface area contributed by atoms with Crippen LogP contribution < -0.4 is 16.0 Å². The summed E-state index contributed by atoms with van der Waals surface area (Å²) in [5.41, 5.74) is 6.29. The van der Waals surface area contributed by atoms with Gasteiger partial charge in [0.05, 0.1) is 11.3 Å². The zero-order valence-electron chi connectivity index (χ0n) is 31.3. The summed E-state index contributed by atoms with van der Waals surface area (Å²) in [6.45, 7) is 10.1. The van der Waals surface area contributed by atoms with Crippen molar-refractivity contribution in [2.75, 3.05) is 29.0 Å². The van der Waals surface area contributed by atoms with Crippen LogP contribution in [-0.4, -0.2) is 65.3 Å². The van der Waals surface area contributed by atoms with Gasteiger partial charge in [0.25, 0.3) is 0 Å². The van der Waals surface area contributed by atoms with Gasteiger partial charge in [-0.15, -0.1) is 0 Å². The SMILES string of the molecule is CC(C)C(=O)Nc1cccc(-c2ccc3nc(-c4cccnc4NC(=O)C(C)C)n(-c4ccc(CN5CCC(Nc6ccnc(C#N)n6)CC5)cc4)c3n2)c1. The Hall–Kier alpha value is -6.52. The van der Waals surface area contributed by atoms with Gasteiger partial charge in [-0.2, -0.15) is 5.26 Å². The molecule has 13 nitrogen and oxygen atoms in total. The van der Waals surface area contributed by atoms with E-state index in [4.69, 9.17) is 15.2 Å². The van der Waals surface area contributed by atoms with Crippen LogP contribution in [0.5, 0.6) is 0 Å². The Bertz CT molecular complexity index is 2370. The highest BCUT2D eigenvalue weighted by atomic mass is 16.2. The Morgan fingerprint density at radius 1 is 0.836 bits per heavy atom. The van der Waals surface area contributed by atoms with Crippen LogP contribution in [0.4, 0.5) is 17.3 Å². The van der Waals surface area contributed by atoms with Crippen LogP contribution in [0.2, 0.25) is 0 Å². The molecule has 0 aliphatic carbocycles. The number of carbonyl (C=O) groups excluding carboxylic acids is 2. The number of imidazole rings is 1.